The highest BCUT2D eigenvalue weighted by molar-refractivity contribution is 7.98. The minimum Gasteiger partial charge on any atom is -0.334 e. The van der Waals surface area contributed by atoms with Gasteiger partial charge in [-0.3, -0.25) is 14.6 Å². The van der Waals surface area contributed by atoms with Gasteiger partial charge < -0.3 is 9.88 Å². The Morgan fingerprint density at radius 1 is 1.19 bits per heavy atom. The molecule has 0 aliphatic carbocycles. The predicted molar refractivity (Wildman–Crippen MR) is 107 cm³/mol. The van der Waals surface area contributed by atoms with E-state index >= 15 is 0 Å². The molecule has 2 heterocycles. The first-order valence-electron chi connectivity index (χ1n) is 8.54. The summed E-state index contributed by atoms with van der Waals surface area (Å²) in [5.74, 6) is 0.0540. The minimum absolute atomic E-state index is 0.0326. The first-order valence-corrected chi connectivity index (χ1v) is 9.76. The predicted octanol–water partition coefficient (Wildman–Crippen LogP) is 3.22. The number of benzene rings is 1. The maximum Gasteiger partial charge on any atom is 0.264 e. The highest BCUT2D eigenvalue weighted by Crippen LogP contribution is 2.16. The van der Waals surface area contributed by atoms with E-state index < -0.39 is 5.56 Å². The molecule has 3 aromatic rings. The van der Waals surface area contributed by atoms with Gasteiger partial charge in [0.15, 0.2) is 0 Å². The maximum atomic E-state index is 12.8. The van der Waals surface area contributed by atoms with Gasteiger partial charge >= 0.3 is 0 Å². The molecule has 1 aromatic carbocycles. The van der Waals surface area contributed by atoms with Crippen molar-refractivity contribution in [2.24, 2.45) is 0 Å². The molecular weight excluding hydrogens is 360 g/mol. The fourth-order valence-corrected chi connectivity index (χ4v) is 3.05. The fraction of sp³-hybridized carbons (Fsp3) is 0.200. The Morgan fingerprint density at radius 3 is 2.56 bits per heavy atom. The third-order valence-corrected chi connectivity index (χ3v) is 4.91. The van der Waals surface area contributed by atoms with Gasteiger partial charge in [0, 0.05) is 42.1 Å². The summed E-state index contributed by atoms with van der Waals surface area (Å²) < 4.78 is 0. The number of aromatic amines is 1. The molecule has 7 heteroatoms. The second-order valence-electron chi connectivity index (χ2n) is 5.88. The number of carbonyl (C=O) groups is 1. The minimum atomic E-state index is -0.454. The topological polar surface area (TPSA) is 79.0 Å². The Balaban J connectivity index is 1.81. The Bertz CT molecular complexity index is 971. The molecule has 138 valence electrons. The summed E-state index contributed by atoms with van der Waals surface area (Å²) in [7, 11) is 0. The fourth-order valence-electron chi connectivity index (χ4n) is 2.65. The van der Waals surface area contributed by atoms with Crippen molar-refractivity contribution < 1.29 is 4.79 Å². The molecule has 0 fully saturated rings. The van der Waals surface area contributed by atoms with Crippen molar-refractivity contribution in [3.05, 3.63) is 76.5 Å². The van der Waals surface area contributed by atoms with Crippen LogP contribution >= 0.6 is 11.8 Å². The van der Waals surface area contributed by atoms with Crippen LogP contribution in [0.15, 0.2) is 64.7 Å². The number of H-pyrrole nitrogens is 1. The summed E-state index contributed by atoms with van der Waals surface area (Å²) in [6.45, 7) is 2.82. The smallest absolute Gasteiger partial charge is 0.264 e. The maximum absolute atomic E-state index is 12.8. The zero-order chi connectivity index (χ0) is 19.2. The highest BCUT2D eigenvalue weighted by atomic mass is 32.2. The van der Waals surface area contributed by atoms with Crippen molar-refractivity contribution in [1.29, 1.82) is 0 Å². The molecule has 27 heavy (non-hydrogen) atoms. The van der Waals surface area contributed by atoms with E-state index in [1.165, 1.54) is 11.1 Å². The largest absolute Gasteiger partial charge is 0.334 e. The average molecular weight is 380 g/mol. The third-order valence-electron chi connectivity index (χ3n) is 4.17. The van der Waals surface area contributed by atoms with E-state index in [0.717, 1.165) is 5.56 Å². The van der Waals surface area contributed by atoms with E-state index in [1.807, 2.05) is 37.4 Å². The van der Waals surface area contributed by atoms with Crippen LogP contribution in [0.4, 0.5) is 0 Å². The number of nitrogens with zero attached hydrogens (tertiary/aromatic N) is 3. The number of carbonyl (C=O) groups excluding carboxylic acids is 1. The van der Waals surface area contributed by atoms with E-state index in [9.17, 15) is 9.59 Å². The van der Waals surface area contributed by atoms with Crippen LogP contribution in [0.25, 0.3) is 11.4 Å². The number of pyridine rings is 1. The molecule has 1 amide bonds. The molecule has 0 saturated heterocycles. The van der Waals surface area contributed by atoms with Crippen LogP contribution in [0.3, 0.4) is 0 Å². The van der Waals surface area contributed by atoms with Gasteiger partial charge in [0.1, 0.15) is 11.4 Å². The monoisotopic (exact) mass is 380 g/mol. The molecule has 0 aliphatic rings. The van der Waals surface area contributed by atoms with Crippen LogP contribution in [0.5, 0.6) is 0 Å². The van der Waals surface area contributed by atoms with Gasteiger partial charge in [-0.15, -0.1) is 11.8 Å². The zero-order valence-corrected chi connectivity index (χ0v) is 16.0. The molecule has 0 aliphatic heterocycles. The van der Waals surface area contributed by atoms with Crippen LogP contribution in [0, 0.1) is 0 Å². The van der Waals surface area contributed by atoms with Crippen LogP contribution in [0.1, 0.15) is 22.8 Å². The summed E-state index contributed by atoms with van der Waals surface area (Å²) >= 11 is 1.67. The van der Waals surface area contributed by atoms with E-state index in [1.54, 1.807) is 41.2 Å². The Hall–Kier alpha value is -2.93. The van der Waals surface area contributed by atoms with Crippen molar-refractivity contribution in [1.82, 2.24) is 19.9 Å². The van der Waals surface area contributed by atoms with Gasteiger partial charge in [-0.2, -0.15) is 0 Å². The first-order chi connectivity index (χ1) is 13.1. The van der Waals surface area contributed by atoms with Crippen LogP contribution in [-0.2, 0) is 6.54 Å². The molecular formula is C20H20N4O2S. The highest BCUT2D eigenvalue weighted by Gasteiger charge is 2.19. The van der Waals surface area contributed by atoms with Crippen molar-refractivity contribution in [3.63, 3.8) is 0 Å². The Kier molecular flexibility index (Phi) is 6.03. The lowest BCUT2D eigenvalue weighted by atomic mass is 10.2. The lowest BCUT2D eigenvalue weighted by Gasteiger charge is -2.20. The molecule has 0 radical (unpaired) electrons. The number of hydrogen-bond acceptors (Lipinski definition) is 5. The number of aromatic nitrogens is 3. The summed E-state index contributed by atoms with van der Waals surface area (Å²) in [6.07, 6.45) is 6.61. The molecule has 0 saturated carbocycles. The van der Waals surface area contributed by atoms with E-state index in [0.29, 0.717) is 24.5 Å². The lowest BCUT2D eigenvalue weighted by molar-refractivity contribution is 0.0750. The molecule has 0 spiro atoms. The van der Waals surface area contributed by atoms with Gasteiger partial charge in [0.25, 0.3) is 11.5 Å². The van der Waals surface area contributed by atoms with Crippen LogP contribution < -0.4 is 5.56 Å². The second kappa shape index (κ2) is 8.64. The lowest BCUT2D eigenvalue weighted by Crippen LogP contribution is -2.34. The molecule has 0 unspecified atom stereocenters. The van der Waals surface area contributed by atoms with Gasteiger partial charge in [-0.1, -0.05) is 12.1 Å². The molecule has 2 aromatic heterocycles. The number of nitrogens with one attached hydrogen (secondary N) is 1. The summed E-state index contributed by atoms with van der Waals surface area (Å²) in [5.41, 5.74) is 1.28. The number of hydrogen-bond donors (Lipinski definition) is 1. The SMILES string of the molecule is CCN(Cc1ccc(SC)cc1)C(=O)c1cnc(-c2cccnc2)[nH]c1=O. The molecule has 0 bridgehead atoms. The standard InChI is InChI=1S/C20H20N4O2S/c1-3-24(13-14-6-8-16(27-2)9-7-14)20(26)17-12-22-18(23-19(17)25)15-5-4-10-21-11-15/h4-12H,3,13H2,1-2H3,(H,22,23,25). The normalized spacial score (nSPS) is 10.6. The van der Waals surface area contributed by atoms with Gasteiger partial charge in [-0.25, -0.2) is 4.98 Å². The first kappa shape index (κ1) is 18.8. The number of amides is 1. The Morgan fingerprint density at radius 2 is 1.96 bits per heavy atom. The summed E-state index contributed by atoms with van der Waals surface area (Å²) in [4.78, 5) is 39.0. The number of thioether (sulfide) groups is 1. The van der Waals surface area contributed by atoms with E-state index in [-0.39, 0.29) is 11.5 Å². The number of rotatable bonds is 6. The average Bonchev–Trinajstić information content (AvgIpc) is 2.72. The van der Waals surface area contributed by atoms with Gasteiger partial charge in [0.2, 0.25) is 0 Å². The molecule has 0 atom stereocenters. The van der Waals surface area contributed by atoms with E-state index in [4.69, 9.17) is 0 Å². The Labute approximate surface area is 161 Å². The van der Waals surface area contributed by atoms with Crippen molar-refractivity contribution in [3.8, 4) is 11.4 Å². The molecule has 3 rings (SSSR count). The zero-order valence-electron chi connectivity index (χ0n) is 15.2. The molecule has 1 N–H and O–H groups in total. The van der Waals surface area contributed by atoms with Crippen molar-refractivity contribution in [2.75, 3.05) is 12.8 Å². The van der Waals surface area contributed by atoms with Gasteiger partial charge in [0.05, 0.1) is 0 Å². The summed E-state index contributed by atoms with van der Waals surface area (Å²) in [5, 5.41) is 0. The van der Waals surface area contributed by atoms with Crippen molar-refractivity contribution >= 4 is 17.7 Å². The van der Waals surface area contributed by atoms with Crippen molar-refractivity contribution in [2.45, 2.75) is 18.4 Å². The summed E-state index contributed by atoms with van der Waals surface area (Å²) in [6, 6.07) is 11.6. The second-order valence-corrected chi connectivity index (χ2v) is 6.76. The quantitative estimate of drug-likeness (QED) is 0.664. The van der Waals surface area contributed by atoms with Gasteiger partial charge in [-0.05, 0) is 43.0 Å². The van der Waals surface area contributed by atoms with E-state index in [2.05, 4.69) is 15.0 Å². The third kappa shape index (κ3) is 4.43. The van der Waals surface area contributed by atoms with Crippen LogP contribution in [0.2, 0.25) is 0 Å². The molecule has 6 nitrogen and oxygen atoms in total. The van der Waals surface area contributed by atoms with Crippen LogP contribution in [-0.4, -0.2) is 38.6 Å².